The van der Waals surface area contributed by atoms with Crippen molar-refractivity contribution in [3.8, 4) is 0 Å². The Bertz CT molecular complexity index is 795. The van der Waals surface area contributed by atoms with Crippen molar-refractivity contribution in [1.29, 1.82) is 0 Å². The van der Waals surface area contributed by atoms with E-state index in [1.54, 1.807) is 0 Å². The van der Waals surface area contributed by atoms with Crippen LogP contribution in [0.3, 0.4) is 0 Å². The summed E-state index contributed by atoms with van der Waals surface area (Å²) in [6.07, 6.45) is 4.72. The van der Waals surface area contributed by atoms with E-state index in [9.17, 15) is 13.2 Å². The van der Waals surface area contributed by atoms with Crippen molar-refractivity contribution in [3.05, 3.63) is 36.0 Å². The van der Waals surface area contributed by atoms with Gasteiger partial charge in [0.05, 0.1) is 17.9 Å². The average Bonchev–Trinajstić information content (AvgIpc) is 3.07. The van der Waals surface area contributed by atoms with Crippen molar-refractivity contribution < 1.29 is 13.2 Å². The Morgan fingerprint density at radius 2 is 2.13 bits per heavy atom. The van der Waals surface area contributed by atoms with E-state index >= 15 is 0 Å². The number of fused-ring (bicyclic) bond motifs is 1. The number of nitrogens with one attached hydrogen (secondary N) is 2. The van der Waals surface area contributed by atoms with Gasteiger partial charge in [-0.3, -0.25) is 4.79 Å². The third-order valence-corrected chi connectivity index (χ3v) is 6.30. The Labute approximate surface area is 136 Å². The van der Waals surface area contributed by atoms with Crippen molar-refractivity contribution in [3.63, 3.8) is 0 Å². The maximum absolute atomic E-state index is 12.0. The number of hydrogen-bond donors (Lipinski definition) is 2. The largest absolute Gasteiger partial charge is 0.361 e. The summed E-state index contributed by atoms with van der Waals surface area (Å²) in [6, 6.07) is 7.93. The van der Waals surface area contributed by atoms with Crippen LogP contribution in [0.4, 0.5) is 0 Å². The molecule has 2 heterocycles. The van der Waals surface area contributed by atoms with E-state index in [-0.39, 0.29) is 11.8 Å². The number of benzene rings is 1. The van der Waals surface area contributed by atoms with Gasteiger partial charge in [0, 0.05) is 23.6 Å². The molecule has 1 unspecified atom stereocenters. The van der Waals surface area contributed by atoms with E-state index in [1.165, 1.54) is 0 Å². The van der Waals surface area contributed by atoms with Gasteiger partial charge >= 0.3 is 0 Å². The molecule has 5 nitrogen and oxygen atoms in total. The lowest BCUT2D eigenvalue weighted by molar-refractivity contribution is -0.120. The minimum absolute atomic E-state index is 0.00814. The number of amides is 1. The van der Waals surface area contributed by atoms with Crippen molar-refractivity contribution in [2.45, 2.75) is 25.7 Å². The van der Waals surface area contributed by atoms with Crippen LogP contribution in [-0.4, -0.2) is 37.4 Å². The number of aromatic amines is 1. The molecule has 3 rings (SSSR count). The fourth-order valence-electron chi connectivity index (χ4n) is 3.23. The van der Waals surface area contributed by atoms with Crippen molar-refractivity contribution in [2.75, 3.05) is 18.1 Å². The van der Waals surface area contributed by atoms with Gasteiger partial charge in [-0.25, -0.2) is 8.42 Å². The molecule has 0 radical (unpaired) electrons. The molecule has 0 bridgehead atoms. The molecule has 1 saturated heterocycles. The zero-order valence-corrected chi connectivity index (χ0v) is 13.9. The second kappa shape index (κ2) is 6.74. The quantitative estimate of drug-likeness (QED) is 0.794. The maximum Gasteiger partial charge on any atom is 0.224 e. The highest BCUT2D eigenvalue weighted by Crippen LogP contribution is 2.22. The monoisotopic (exact) mass is 334 g/mol. The molecule has 2 aromatic rings. The van der Waals surface area contributed by atoms with Crippen LogP contribution in [0, 0.1) is 5.92 Å². The lowest BCUT2D eigenvalue weighted by Gasteiger charge is -2.08. The lowest BCUT2D eigenvalue weighted by Crippen LogP contribution is -2.26. The molecule has 1 aliphatic rings. The van der Waals surface area contributed by atoms with Gasteiger partial charge in [-0.05, 0) is 36.8 Å². The van der Waals surface area contributed by atoms with Crippen molar-refractivity contribution >= 4 is 26.6 Å². The van der Waals surface area contributed by atoms with Crippen LogP contribution >= 0.6 is 0 Å². The first-order valence-electron chi connectivity index (χ1n) is 8.05. The number of aromatic nitrogens is 1. The lowest BCUT2D eigenvalue weighted by atomic mass is 10.0. The SMILES string of the molecule is O=C(Cc1c[nH]c2ccccc12)NCCCC1CCS(=O)(=O)C1. The van der Waals surface area contributed by atoms with Gasteiger partial charge in [0.15, 0.2) is 9.84 Å². The molecule has 0 saturated carbocycles. The van der Waals surface area contributed by atoms with Crippen LogP contribution in [-0.2, 0) is 21.1 Å². The summed E-state index contributed by atoms with van der Waals surface area (Å²) in [5.41, 5.74) is 2.04. The number of rotatable bonds is 6. The van der Waals surface area contributed by atoms with E-state index in [0.29, 0.717) is 24.5 Å². The molecule has 6 heteroatoms. The molecule has 0 spiro atoms. The van der Waals surface area contributed by atoms with Gasteiger partial charge in [-0.1, -0.05) is 18.2 Å². The summed E-state index contributed by atoms with van der Waals surface area (Å²) >= 11 is 0. The Morgan fingerprint density at radius 1 is 1.30 bits per heavy atom. The zero-order valence-electron chi connectivity index (χ0n) is 13.0. The Morgan fingerprint density at radius 3 is 2.91 bits per heavy atom. The zero-order chi connectivity index (χ0) is 16.3. The highest BCUT2D eigenvalue weighted by atomic mass is 32.2. The van der Waals surface area contributed by atoms with Crippen molar-refractivity contribution in [1.82, 2.24) is 10.3 Å². The van der Waals surface area contributed by atoms with E-state index in [0.717, 1.165) is 35.7 Å². The summed E-state index contributed by atoms with van der Waals surface area (Å²) in [4.78, 5) is 15.2. The Balaban J connectivity index is 1.42. The van der Waals surface area contributed by atoms with Crippen molar-refractivity contribution in [2.24, 2.45) is 5.92 Å². The molecule has 1 fully saturated rings. The van der Waals surface area contributed by atoms with Crippen LogP contribution in [0.1, 0.15) is 24.8 Å². The fraction of sp³-hybridized carbons (Fsp3) is 0.471. The summed E-state index contributed by atoms with van der Waals surface area (Å²) < 4.78 is 22.8. The highest BCUT2D eigenvalue weighted by molar-refractivity contribution is 7.91. The minimum atomic E-state index is -2.79. The van der Waals surface area contributed by atoms with Gasteiger partial charge in [0.1, 0.15) is 0 Å². The van der Waals surface area contributed by atoms with Crippen LogP contribution in [0.5, 0.6) is 0 Å². The number of H-pyrrole nitrogens is 1. The molecule has 23 heavy (non-hydrogen) atoms. The van der Waals surface area contributed by atoms with Gasteiger partial charge in [0.25, 0.3) is 0 Å². The third kappa shape index (κ3) is 4.13. The maximum atomic E-state index is 12.0. The summed E-state index contributed by atoms with van der Waals surface area (Å²) in [5.74, 6) is 0.917. The molecule has 1 aromatic heterocycles. The molecule has 1 atom stereocenters. The number of sulfone groups is 1. The second-order valence-electron chi connectivity index (χ2n) is 6.30. The molecule has 124 valence electrons. The molecule has 1 aromatic carbocycles. The van der Waals surface area contributed by atoms with Gasteiger partial charge < -0.3 is 10.3 Å². The third-order valence-electron chi connectivity index (χ3n) is 4.46. The van der Waals surface area contributed by atoms with Crippen LogP contribution < -0.4 is 5.32 Å². The highest BCUT2D eigenvalue weighted by Gasteiger charge is 2.27. The molecule has 0 aliphatic carbocycles. The molecule has 1 amide bonds. The number of carbonyl (C=O) groups excluding carboxylic acids is 1. The molecular formula is C17H22N2O3S. The minimum Gasteiger partial charge on any atom is -0.361 e. The first kappa shape index (κ1) is 16.1. The smallest absolute Gasteiger partial charge is 0.224 e. The standard InChI is InChI=1S/C17H22N2O3S/c20-17(10-14-11-19-16-6-2-1-5-15(14)16)18-8-3-4-13-7-9-23(21,22)12-13/h1-2,5-6,11,13,19H,3-4,7-10,12H2,(H,18,20). The Hall–Kier alpha value is -1.82. The first-order chi connectivity index (χ1) is 11.0. The number of hydrogen-bond acceptors (Lipinski definition) is 3. The van der Waals surface area contributed by atoms with Crippen LogP contribution in [0.2, 0.25) is 0 Å². The molecule has 2 N–H and O–H groups in total. The first-order valence-corrected chi connectivity index (χ1v) is 9.88. The van der Waals surface area contributed by atoms with E-state index in [4.69, 9.17) is 0 Å². The topological polar surface area (TPSA) is 79.0 Å². The number of para-hydroxylation sites is 1. The fourth-order valence-corrected chi connectivity index (χ4v) is 5.14. The predicted molar refractivity (Wildman–Crippen MR) is 91.0 cm³/mol. The van der Waals surface area contributed by atoms with Crippen LogP contribution in [0.15, 0.2) is 30.5 Å². The average molecular weight is 334 g/mol. The normalized spacial score (nSPS) is 19.9. The Kier molecular flexibility index (Phi) is 4.71. The molecule has 1 aliphatic heterocycles. The summed E-state index contributed by atoms with van der Waals surface area (Å²) in [5, 5.41) is 4.01. The number of carbonyl (C=O) groups is 1. The van der Waals surface area contributed by atoms with E-state index in [1.807, 2.05) is 30.5 Å². The van der Waals surface area contributed by atoms with E-state index < -0.39 is 9.84 Å². The van der Waals surface area contributed by atoms with Gasteiger partial charge in [-0.15, -0.1) is 0 Å². The van der Waals surface area contributed by atoms with E-state index in [2.05, 4.69) is 10.3 Å². The molecular weight excluding hydrogens is 312 g/mol. The second-order valence-corrected chi connectivity index (χ2v) is 8.53. The predicted octanol–water partition coefficient (Wildman–Crippen LogP) is 2.04. The van der Waals surface area contributed by atoms with Crippen LogP contribution in [0.25, 0.3) is 10.9 Å². The van der Waals surface area contributed by atoms with Gasteiger partial charge in [0.2, 0.25) is 5.91 Å². The summed E-state index contributed by atoms with van der Waals surface area (Å²) in [6.45, 7) is 0.609. The summed E-state index contributed by atoms with van der Waals surface area (Å²) in [7, 11) is -2.79. The van der Waals surface area contributed by atoms with Gasteiger partial charge in [-0.2, -0.15) is 0 Å².